The normalized spacial score (nSPS) is 19.8. The molecule has 0 spiro atoms. The minimum atomic E-state index is -3.71. The number of hydrogen-bond acceptors (Lipinski definition) is 4. The number of benzene rings is 2. The molecule has 1 N–H and O–H groups in total. The third-order valence-corrected chi connectivity index (χ3v) is 8.04. The number of carbonyl (C=O) groups is 1. The van der Waals surface area contributed by atoms with Crippen LogP contribution in [-0.2, 0) is 14.8 Å². The summed E-state index contributed by atoms with van der Waals surface area (Å²) < 4.78 is 27.5. The third kappa shape index (κ3) is 4.58. The van der Waals surface area contributed by atoms with E-state index in [0.717, 1.165) is 43.1 Å². The van der Waals surface area contributed by atoms with E-state index in [1.165, 1.54) is 4.31 Å². The van der Waals surface area contributed by atoms with Crippen LogP contribution in [0, 0.1) is 5.92 Å². The number of piperidine rings is 1. The average Bonchev–Trinajstić information content (AvgIpc) is 2.73. The molecule has 0 unspecified atom stereocenters. The zero-order valence-corrected chi connectivity index (χ0v) is 17.9. The molecule has 0 aliphatic carbocycles. The number of rotatable bonds is 5. The molecular formula is C21H26ClN3O3S. The van der Waals surface area contributed by atoms with Crippen LogP contribution in [0.2, 0.25) is 5.02 Å². The van der Waals surface area contributed by atoms with E-state index in [1.807, 2.05) is 4.90 Å². The predicted octanol–water partition coefficient (Wildman–Crippen LogP) is 2.72. The topological polar surface area (TPSA) is 69.7 Å². The number of halogens is 1. The summed E-state index contributed by atoms with van der Waals surface area (Å²) in [5.41, 5.74) is 0. The molecule has 2 aromatic rings. The highest BCUT2D eigenvalue weighted by molar-refractivity contribution is 7.89. The maximum atomic E-state index is 13.1. The van der Waals surface area contributed by atoms with E-state index in [4.69, 9.17) is 11.6 Å². The molecule has 6 nitrogen and oxygen atoms in total. The molecule has 8 heteroatoms. The second-order valence-electron chi connectivity index (χ2n) is 7.85. The summed E-state index contributed by atoms with van der Waals surface area (Å²) in [6.45, 7) is 3.50. The quantitative estimate of drug-likeness (QED) is 0.783. The molecule has 0 saturated carbocycles. The summed E-state index contributed by atoms with van der Waals surface area (Å²) in [6.07, 6.45) is 3.29. The minimum Gasteiger partial charge on any atom is -0.340 e. The molecule has 0 bridgehead atoms. The molecule has 2 aliphatic heterocycles. The van der Waals surface area contributed by atoms with Crippen molar-refractivity contribution in [2.24, 2.45) is 5.92 Å². The van der Waals surface area contributed by atoms with Crippen molar-refractivity contribution in [1.82, 2.24) is 14.5 Å². The number of piperazine rings is 1. The van der Waals surface area contributed by atoms with Gasteiger partial charge in [-0.3, -0.25) is 4.79 Å². The zero-order valence-electron chi connectivity index (χ0n) is 16.3. The van der Waals surface area contributed by atoms with Gasteiger partial charge < -0.3 is 10.2 Å². The molecule has 0 radical (unpaired) electrons. The van der Waals surface area contributed by atoms with E-state index in [2.05, 4.69) is 5.32 Å². The first-order valence-electron chi connectivity index (χ1n) is 10.1. The van der Waals surface area contributed by atoms with Crippen LogP contribution in [0.3, 0.4) is 0 Å². The molecule has 4 rings (SSSR count). The molecule has 0 atom stereocenters. The molecule has 2 saturated heterocycles. The standard InChI is InChI=1S/C21H26ClN3O3S/c22-19-3-1-18-14-20(4-2-17(18)13-19)29(27,28)25-12-11-24(21(26)15-25)10-7-16-5-8-23-9-6-16/h1-4,13-14,16,23H,5-12,15H2. The van der Waals surface area contributed by atoms with Crippen LogP contribution in [-0.4, -0.2) is 62.8 Å². The fourth-order valence-corrected chi connectivity index (χ4v) is 5.74. The van der Waals surface area contributed by atoms with E-state index in [-0.39, 0.29) is 17.3 Å². The summed E-state index contributed by atoms with van der Waals surface area (Å²) in [6, 6.07) is 10.3. The van der Waals surface area contributed by atoms with Gasteiger partial charge in [-0.05, 0) is 73.3 Å². The van der Waals surface area contributed by atoms with E-state index in [1.54, 1.807) is 36.4 Å². The number of nitrogens with zero attached hydrogens (tertiary/aromatic N) is 2. The summed E-state index contributed by atoms with van der Waals surface area (Å²) in [5.74, 6) is 0.540. The van der Waals surface area contributed by atoms with Crippen molar-refractivity contribution in [3.05, 3.63) is 41.4 Å². The predicted molar refractivity (Wildman–Crippen MR) is 115 cm³/mol. The number of sulfonamides is 1. The number of fused-ring (bicyclic) bond motifs is 1. The monoisotopic (exact) mass is 435 g/mol. The Kier molecular flexibility index (Phi) is 6.11. The highest BCUT2D eigenvalue weighted by Crippen LogP contribution is 2.25. The molecule has 2 fully saturated rings. The zero-order chi connectivity index (χ0) is 20.4. The van der Waals surface area contributed by atoms with Crippen molar-refractivity contribution >= 4 is 38.3 Å². The molecule has 1 amide bonds. The van der Waals surface area contributed by atoms with Gasteiger partial charge in [-0.1, -0.05) is 23.7 Å². The Labute approximate surface area is 176 Å². The number of carbonyl (C=O) groups excluding carboxylic acids is 1. The number of amides is 1. The Morgan fingerprint density at radius 3 is 2.52 bits per heavy atom. The Balaban J connectivity index is 1.42. The molecule has 29 heavy (non-hydrogen) atoms. The van der Waals surface area contributed by atoms with E-state index in [9.17, 15) is 13.2 Å². The highest BCUT2D eigenvalue weighted by atomic mass is 35.5. The maximum Gasteiger partial charge on any atom is 0.243 e. The molecule has 2 aliphatic rings. The lowest BCUT2D eigenvalue weighted by Crippen LogP contribution is -2.52. The van der Waals surface area contributed by atoms with Gasteiger partial charge in [-0.2, -0.15) is 4.31 Å². The van der Waals surface area contributed by atoms with Crippen molar-refractivity contribution in [3.63, 3.8) is 0 Å². The van der Waals surface area contributed by atoms with Gasteiger partial charge in [-0.25, -0.2) is 8.42 Å². The van der Waals surface area contributed by atoms with E-state index >= 15 is 0 Å². The molecular weight excluding hydrogens is 410 g/mol. The van der Waals surface area contributed by atoms with Gasteiger partial charge in [0, 0.05) is 24.7 Å². The average molecular weight is 436 g/mol. The van der Waals surface area contributed by atoms with Crippen LogP contribution in [0.5, 0.6) is 0 Å². The van der Waals surface area contributed by atoms with Gasteiger partial charge in [0.1, 0.15) is 0 Å². The van der Waals surface area contributed by atoms with Crippen molar-refractivity contribution < 1.29 is 13.2 Å². The van der Waals surface area contributed by atoms with Crippen LogP contribution in [0.15, 0.2) is 41.3 Å². The van der Waals surface area contributed by atoms with Crippen LogP contribution in [0.4, 0.5) is 0 Å². The SMILES string of the molecule is O=C1CN(S(=O)(=O)c2ccc3cc(Cl)ccc3c2)CCN1CCC1CCNCC1. The summed E-state index contributed by atoms with van der Waals surface area (Å²) in [7, 11) is -3.71. The third-order valence-electron chi connectivity index (χ3n) is 5.96. The van der Waals surface area contributed by atoms with Gasteiger partial charge in [0.25, 0.3) is 0 Å². The van der Waals surface area contributed by atoms with Crippen LogP contribution >= 0.6 is 11.6 Å². The van der Waals surface area contributed by atoms with Gasteiger partial charge in [0.15, 0.2) is 0 Å². The van der Waals surface area contributed by atoms with Crippen molar-refractivity contribution in [3.8, 4) is 0 Å². The van der Waals surface area contributed by atoms with Gasteiger partial charge in [-0.15, -0.1) is 0 Å². The first kappa shape index (κ1) is 20.6. The van der Waals surface area contributed by atoms with Gasteiger partial charge in [0.2, 0.25) is 15.9 Å². The Hall–Kier alpha value is -1.67. The maximum absolute atomic E-state index is 13.1. The first-order valence-corrected chi connectivity index (χ1v) is 11.9. The summed E-state index contributed by atoms with van der Waals surface area (Å²) >= 11 is 6.00. The number of hydrogen-bond donors (Lipinski definition) is 1. The second kappa shape index (κ2) is 8.60. The van der Waals surface area contributed by atoms with Crippen molar-refractivity contribution in [2.45, 2.75) is 24.2 Å². The van der Waals surface area contributed by atoms with Gasteiger partial charge in [0.05, 0.1) is 11.4 Å². The Bertz CT molecular complexity index is 1010. The lowest BCUT2D eigenvalue weighted by molar-refractivity contribution is -0.134. The molecule has 2 aromatic carbocycles. The molecule has 156 valence electrons. The van der Waals surface area contributed by atoms with E-state index < -0.39 is 10.0 Å². The summed E-state index contributed by atoms with van der Waals surface area (Å²) in [5, 5.41) is 5.66. The largest absolute Gasteiger partial charge is 0.340 e. The fraction of sp³-hybridized carbons (Fsp3) is 0.476. The fourth-order valence-electron chi connectivity index (χ4n) is 4.14. The van der Waals surface area contributed by atoms with Crippen molar-refractivity contribution in [2.75, 3.05) is 39.3 Å². The highest BCUT2D eigenvalue weighted by Gasteiger charge is 2.33. The second-order valence-corrected chi connectivity index (χ2v) is 10.2. The Morgan fingerprint density at radius 2 is 1.76 bits per heavy atom. The van der Waals surface area contributed by atoms with Crippen molar-refractivity contribution in [1.29, 1.82) is 0 Å². The van der Waals surface area contributed by atoms with Crippen LogP contribution in [0.25, 0.3) is 10.8 Å². The smallest absolute Gasteiger partial charge is 0.243 e. The summed E-state index contributed by atoms with van der Waals surface area (Å²) in [4.78, 5) is 14.6. The van der Waals surface area contributed by atoms with Crippen LogP contribution < -0.4 is 5.32 Å². The van der Waals surface area contributed by atoms with E-state index in [0.29, 0.717) is 30.6 Å². The lowest BCUT2D eigenvalue weighted by atomic mass is 9.94. The molecule has 2 heterocycles. The lowest BCUT2D eigenvalue weighted by Gasteiger charge is -2.34. The van der Waals surface area contributed by atoms with Gasteiger partial charge >= 0.3 is 0 Å². The number of nitrogens with one attached hydrogen (secondary N) is 1. The molecule has 0 aromatic heterocycles. The van der Waals surface area contributed by atoms with Crippen LogP contribution in [0.1, 0.15) is 19.3 Å². The Morgan fingerprint density at radius 1 is 1.03 bits per heavy atom. The first-order chi connectivity index (χ1) is 13.9. The minimum absolute atomic E-state index is 0.0901.